The lowest BCUT2D eigenvalue weighted by Gasteiger charge is -2.42. The van der Waals surface area contributed by atoms with Gasteiger partial charge in [-0.05, 0) is 52.2 Å². The fourth-order valence-corrected chi connectivity index (χ4v) is 3.98. The molecule has 4 amide bonds. The number of amides is 4. The zero-order valence-corrected chi connectivity index (χ0v) is 16.2. The van der Waals surface area contributed by atoms with Gasteiger partial charge in [0.2, 0.25) is 0 Å². The van der Waals surface area contributed by atoms with Crippen LogP contribution in [0.2, 0.25) is 0 Å². The number of carbonyl (C=O) groups excluding carboxylic acids is 3. The highest BCUT2D eigenvalue weighted by molar-refractivity contribution is 7.90. The second kappa shape index (κ2) is 7.18. The van der Waals surface area contributed by atoms with Gasteiger partial charge in [0.05, 0.1) is 4.90 Å². The molecular formula is C17H23N3O6S. The van der Waals surface area contributed by atoms with Crippen LogP contribution in [0.15, 0.2) is 35.2 Å². The van der Waals surface area contributed by atoms with E-state index >= 15 is 0 Å². The van der Waals surface area contributed by atoms with Crippen LogP contribution in [0.3, 0.4) is 0 Å². The smallest absolute Gasteiger partial charge is 0.408 e. The third kappa shape index (κ3) is 4.38. The molecule has 0 saturated heterocycles. The number of sulfonamides is 1. The molecule has 2 rings (SSSR count). The highest BCUT2D eigenvalue weighted by atomic mass is 32.2. The van der Waals surface area contributed by atoms with Gasteiger partial charge in [-0.25, -0.2) is 18.0 Å². The summed E-state index contributed by atoms with van der Waals surface area (Å²) in [4.78, 5) is 36.7. The number of nitrogens with two attached hydrogens (primary N) is 1. The van der Waals surface area contributed by atoms with Gasteiger partial charge in [0.25, 0.3) is 15.9 Å². The molecule has 0 atom stereocenters. The summed E-state index contributed by atoms with van der Waals surface area (Å²) in [6.45, 7) is 4.95. The molecule has 148 valence electrons. The van der Waals surface area contributed by atoms with Gasteiger partial charge in [-0.1, -0.05) is 18.2 Å². The molecule has 1 aliphatic rings. The first-order chi connectivity index (χ1) is 12.4. The zero-order valence-electron chi connectivity index (χ0n) is 15.4. The fourth-order valence-electron chi connectivity index (χ4n) is 2.64. The first kappa shape index (κ1) is 20.7. The van der Waals surface area contributed by atoms with Gasteiger partial charge in [-0.3, -0.25) is 4.79 Å². The minimum atomic E-state index is -4.51. The molecule has 10 heteroatoms. The number of ether oxygens (including phenoxy) is 1. The topological polar surface area (TPSA) is 136 Å². The highest BCUT2D eigenvalue weighted by Crippen LogP contribution is 2.35. The van der Waals surface area contributed by atoms with Crippen molar-refractivity contribution in [3.63, 3.8) is 0 Å². The Labute approximate surface area is 157 Å². The molecule has 1 aromatic rings. The third-order valence-electron chi connectivity index (χ3n) is 4.02. The van der Waals surface area contributed by atoms with E-state index in [2.05, 4.69) is 5.32 Å². The summed E-state index contributed by atoms with van der Waals surface area (Å²) in [5.74, 6) is -1.10. The Morgan fingerprint density at radius 1 is 1.15 bits per heavy atom. The number of nitrogens with one attached hydrogen (secondary N) is 1. The lowest BCUT2D eigenvalue weighted by Crippen LogP contribution is -2.66. The number of rotatable bonds is 4. The molecule has 0 aromatic heterocycles. The second-order valence-corrected chi connectivity index (χ2v) is 9.08. The quantitative estimate of drug-likeness (QED) is 0.794. The standard InChI is InChI=1S/C17H23N3O6S/c1-16(2,3)26-15(23)19-17(10-7-11-17)13(21)20(14(18)22)27(24,25)12-8-5-4-6-9-12/h4-6,8-9H,7,10-11H2,1-3H3,(H2,18,22)(H,19,23). The van der Waals surface area contributed by atoms with Crippen LogP contribution in [0.5, 0.6) is 0 Å². The lowest BCUT2D eigenvalue weighted by molar-refractivity contribution is -0.134. The molecule has 0 heterocycles. The molecule has 0 bridgehead atoms. The summed E-state index contributed by atoms with van der Waals surface area (Å²) in [5, 5.41) is 2.42. The van der Waals surface area contributed by atoms with E-state index in [9.17, 15) is 22.8 Å². The predicted molar refractivity (Wildman–Crippen MR) is 96.0 cm³/mol. The first-order valence-corrected chi connectivity index (χ1v) is 9.78. The molecule has 0 spiro atoms. The molecular weight excluding hydrogens is 374 g/mol. The van der Waals surface area contributed by atoms with E-state index in [4.69, 9.17) is 10.5 Å². The number of imide groups is 1. The molecule has 0 aliphatic heterocycles. The SMILES string of the molecule is CC(C)(C)OC(=O)NC1(C(=O)N(C(N)=O)S(=O)(=O)c2ccccc2)CCC1. The Morgan fingerprint density at radius 2 is 1.70 bits per heavy atom. The van der Waals surface area contributed by atoms with Crippen LogP contribution < -0.4 is 11.1 Å². The van der Waals surface area contributed by atoms with Crippen molar-refractivity contribution in [3.8, 4) is 0 Å². The van der Waals surface area contributed by atoms with Crippen molar-refractivity contribution < 1.29 is 27.5 Å². The van der Waals surface area contributed by atoms with E-state index in [1.165, 1.54) is 24.3 Å². The Balaban J connectivity index is 2.35. The van der Waals surface area contributed by atoms with Gasteiger partial charge in [0, 0.05) is 0 Å². The van der Waals surface area contributed by atoms with Crippen molar-refractivity contribution in [2.75, 3.05) is 0 Å². The molecule has 1 aromatic carbocycles. The van der Waals surface area contributed by atoms with Crippen molar-refractivity contribution in [2.45, 2.75) is 56.1 Å². The summed E-state index contributed by atoms with van der Waals surface area (Å²) in [6.07, 6.45) is 0.0229. The number of carbonyl (C=O) groups is 3. The summed E-state index contributed by atoms with van der Waals surface area (Å²) in [7, 11) is -4.51. The maximum absolute atomic E-state index is 13.0. The van der Waals surface area contributed by atoms with Crippen LogP contribution >= 0.6 is 0 Å². The van der Waals surface area contributed by atoms with Crippen molar-refractivity contribution in [1.82, 2.24) is 9.62 Å². The van der Waals surface area contributed by atoms with E-state index in [1.807, 2.05) is 0 Å². The van der Waals surface area contributed by atoms with E-state index < -0.39 is 39.2 Å². The molecule has 1 fully saturated rings. The van der Waals surface area contributed by atoms with E-state index in [1.54, 1.807) is 26.8 Å². The Bertz CT molecular complexity index is 841. The Kier molecular flexibility index (Phi) is 5.50. The molecule has 9 nitrogen and oxygen atoms in total. The minimum absolute atomic E-state index is 0.0128. The maximum Gasteiger partial charge on any atom is 0.408 e. The van der Waals surface area contributed by atoms with Crippen LogP contribution in [-0.2, 0) is 19.6 Å². The third-order valence-corrected chi connectivity index (χ3v) is 5.72. The summed E-state index contributed by atoms with van der Waals surface area (Å²) in [6, 6.07) is 5.54. The van der Waals surface area contributed by atoms with Crippen LogP contribution in [0.4, 0.5) is 9.59 Å². The summed E-state index contributed by atoms with van der Waals surface area (Å²) >= 11 is 0. The number of benzene rings is 1. The molecule has 1 aliphatic carbocycles. The van der Waals surface area contributed by atoms with Gasteiger partial charge in [-0.2, -0.15) is 0 Å². The van der Waals surface area contributed by atoms with Crippen molar-refractivity contribution in [3.05, 3.63) is 30.3 Å². The largest absolute Gasteiger partial charge is 0.444 e. The normalized spacial score (nSPS) is 16.0. The highest BCUT2D eigenvalue weighted by Gasteiger charge is 2.52. The summed E-state index contributed by atoms with van der Waals surface area (Å²) in [5.41, 5.74) is 2.85. The number of hydrogen-bond acceptors (Lipinski definition) is 6. The first-order valence-electron chi connectivity index (χ1n) is 8.34. The molecule has 1 saturated carbocycles. The van der Waals surface area contributed by atoms with Gasteiger partial charge in [0.1, 0.15) is 11.1 Å². The van der Waals surface area contributed by atoms with Gasteiger partial charge in [0.15, 0.2) is 0 Å². The maximum atomic E-state index is 13.0. The molecule has 0 radical (unpaired) electrons. The molecule has 3 N–H and O–H groups in total. The van der Waals surface area contributed by atoms with Crippen molar-refractivity contribution in [1.29, 1.82) is 0 Å². The monoisotopic (exact) mass is 397 g/mol. The Morgan fingerprint density at radius 3 is 2.11 bits per heavy atom. The van der Waals surface area contributed by atoms with Crippen molar-refractivity contribution >= 4 is 28.1 Å². The minimum Gasteiger partial charge on any atom is -0.444 e. The van der Waals surface area contributed by atoms with Crippen LogP contribution in [0.1, 0.15) is 40.0 Å². The van der Waals surface area contributed by atoms with Crippen LogP contribution in [0.25, 0.3) is 0 Å². The average molecular weight is 397 g/mol. The van der Waals surface area contributed by atoms with E-state index in [0.717, 1.165) is 0 Å². The van der Waals surface area contributed by atoms with E-state index in [0.29, 0.717) is 6.42 Å². The zero-order chi connectivity index (χ0) is 20.5. The van der Waals surface area contributed by atoms with Gasteiger partial charge in [-0.15, -0.1) is 4.31 Å². The Hall–Kier alpha value is -2.62. The number of hydrogen-bond donors (Lipinski definition) is 2. The number of primary amides is 1. The van der Waals surface area contributed by atoms with Gasteiger partial charge < -0.3 is 15.8 Å². The van der Waals surface area contributed by atoms with Crippen LogP contribution in [-0.4, -0.2) is 41.9 Å². The van der Waals surface area contributed by atoms with Crippen LogP contribution in [0, 0.1) is 0 Å². The molecule has 27 heavy (non-hydrogen) atoms. The summed E-state index contributed by atoms with van der Waals surface area (Å²) < 4.78 is 30.7. The molecule has 0 unspecified atom stereocenters. The lowest BCUT2D eigenvalue weighted by atomic mass is 9.76. The second-order valence-electron chi connectivity index (χ2n) is 7.29. The predicted octanol–water partition coefficient (Wildman–Crippen LogP) is 1.73. The number of urea groups is 1. The average Bonchev–Trinajstić information content (AvgIpc) is 2.49. The van der Waals surface area contributed by atoms with Gasteiger partial charge >= 0.3 is 12.1 Å². The fraction of sp³-hybridized carbons (Fsp3) is 0.471. The number of alkyl carbamates (subject to hydrolysis) is 1. The van der Waals surface area contributed by atoms with Crippen molar-refractivity contribution in [2.24, 2.45) is 5.73 Å². The van der Waals surface area contributed by atoms with E-state index in [-0.39, 0.29) is 22.0 Å². The number of nitrogens with zero attached hydrogens (tertiary/aromatic N) is 1.